The van der Waals surface area contributed by atoms with Crippen molar-refractivity contribution in [2.75, 3.05) is 0 Å². The highest BCUT2D eigenvalue weighted by atomic mass is 35.5. The summed E-state index contributed by atoms with van der Waals surface area (Å²) < 4.78 is 21.0. The van der Waals surface area contributed by atoms with Gasteiger partial charge in [-0.2, -0.15) is 4.98 Å². The molecule has 9 nitrogen and oxygen atoms in total. The average molecular weight is 493 g/mol. The van der Waals surface area contributed by atoms with Crippen LogP contribution < -0.4 is 11.0 Å². The van der Waals surface area contributed by atoms with Crippen molar-refractivity contribution < 1.29 is 13.7 Å². The molecule has 35 heavy (non-hydrogen) atoms. The van der Waals surface area contributed by atoms with E-state index in [2.05, 4.69) is 20.6 Å². The van der Waals surface area contributed by atoms with Crippen molar-refractivity contribution >= 4 is 23.2 Å². The molecule has 0 bridgehead atoms. The first-order chi connectivity index (χ1) is 16.9. The Morgan fingerprint density at radius 1 is 1.17 bits per heavy atom. The van der Waals surface area contributed by atoms with Crippen LogP contribution in [0.15, 0.2) is 70.1 Å². The fraction of sp³-hybridized carbons (Fsp3) is 0.125. The van der Waals surface area contributed by atoms with Gasteiger partial charge < -0.3 is 9.84 Å². The minimum Gasteiger partial charge on any atom is -0.350 e. The Bertz CT molecular complexity index is 1610. The summed E-state index contributed by atoms with van der Waals surface area (Å²) in [5.41, 5.74) is 2.66. The Hall–Kier alpha value is -4.31. The maximum atomic E-state index is 13.2. The van der Waals surface area contributed by atoms with Gasteiger partial charge in [0.2, 0.25) is 11.7 Å². The number of hydrogen-bond donors (Lipinski definition) is 1. The fourth-order valence-corrected chi connectivity index (χ4v) is 3.75. The lowest BCUT2D eigenvalue weighted by Gasteiger charge is -2.06. The summed E-state index contributed by atoms with van der Waals surface area (Å²) >= 11 is 5.99. The van der Waals surface area contributed by atoms with Gasteiger partial charge in [-0.05, 0) is 36.8 Å². The molecule has 0 spiro atoms. The highest BCUT2D eigenvalue weighted by molar-refractivity contribution is 6.31. The van der Waals surface area contributed by atoms with Gasteiger partial charge in [-0.1, -0.05) is 52.7 Å². The number of carbonyl (C=O) groups is 1. The first-order valence-corrected chi connectivity index (χ1v) is 11.0. The molecule has 0 aliphatic rings. The molecule has 0 radical (unpaired) electrons. The summed E-state index contributed by atoms with van der Waals surface area (Å²) in [6, 6.07) is 14.9. The van der Waals surface area contributed by atoms with Gasteiger partial charge in [-0.3, -0.25) is 4.79 Å². The molecule has 0 fully saturated rings. The summed E-state index contributed by atoms with van der Waals surface area (Å²) in [4.78, 5) is 29.7. The lowest BCUT2D eigenvalue weighted by atomic mass is 10.1. The van der Waals surface area contributed by atoms with Gasteiger partial charge in [0, 0.05) is 23.3 Å². The predicted molar refractivity (Wildman–Crippen MR) is 126 cm³/mol. The van der Waals surface area contributed by atoms with Crippen molar-refractivity contribution in [2.45, 2.75) is 20.0 Å². The van der Waals surface area contributed by atoms with Crippen molar-refractivity contribution in [3.05, 3.63) is 93.2 Å². The lowest BCUT2D eigenvalue weighted by Crippen LogP contribution is -2.32. The minimum atomic E-state index is -0.505. The first kappa shape index (κ1) is 22.5. The predicted octanol–water partition coefficient (Wildman–Crippen LogP) is 3.63. The number of pyridine rings is 1. The summed E-state index contributed by atoms with van der Waals surface area (Å²) in [6.07, 6.45) is 1.54. The second-order valence-corrected chi connectivity index (χ2v) is 8.26. The number of amides is 1. The molecule has 0 atom stereocenters. The van der Waals surface area contributed by atoms with E-state index in [0.29, 0.717) is 17.0 Å². The van der Waals surface area contributed by atoms with Crippen molar-refractivity contribution in [1.82, 2.24) is 29.6 Å². The van der Waals surface area contributed by atoms with Crippen LogP contribution in [-0.4, -0.2) is 30.2 Å². The zero-order chi connectivity index (χ0) is 24.5. The number of fused-ring (bicyclic) bond motifs is 1. The van der Waals surface area contributed by atoms with Crippen LogP contribution in [0.25, 0.3) is 28.5 Å². The van der Waals surface area contributed by atoms with Crippen molar-refractivity contribution in [2.24, 2.45) is 0 Å². The Labute approximate surface area is 202 Å². The molecule has 0 saturated carbocycles. The first-order valence-electron chi connectivity index (χ1n) is 10.6. The molecular weight excluding hydrogens is 475 g/mol. The summed E-state index contributed by atoms with van der Waals surface area (Å²) in [6.45, 7) is 1.74. The number of nitrogens with zero attached hydrogens (tertiary/aromatic N) is 5. The van der Waals surface area contributed by atoms with E-state index in [1.165, 1.54) is 28.8 Å². The number of nitrogens with one attached hydrogen (secondary N) is 1. The monoisotopic (exact) mass is 492 g/mol. The van der Waals surface area contributed by atoms with Crippen LogP contribution in [0, 0.1) is 12.7 Å². The van der Waals surface area contributed by atoms with E-state index in [0.717, 1.165) is 15.8 Å². The molecular formula is C24H18ClFN6O3. The van der Waals surface area contributed by atoms with Gasteiger partial charge in [-0.25, -0.2) is 18.3 Å². The number of aromatic nitrogens is 5. The fourth-order valence-electron chi connectivity index (χ4n) is 3.51. The molecule has 0 aliphatic heterocycles. The van der Waals surface area contributed by atoms with Gasteiger partial charge >= 0.3 is 5.69 Å². The number of rotatable bonds is 6. The molecule has 5 rings (SSSR count). The zero-order valence-electron chi connectivity index (χ0n) is 18.4. The van der Waals surface area contributed by atoms with Gasteiger partial charge in [0.1, 0.15) is 12.4 Å². The highest BCUT2D eigenvalue weighted by Gasteiger charge is 2.18. The largest absolute Gasteiger partial charge is 0.350 e. The highest BCUT2D eigenvalue weighted by Crippen LogP contribution is 2.24. The van der Waals surface area contributed by atoms with E-state index in [1.54, 1.807) is 12.1 Å². The summed E-state index contributed by atoms with van der Waals surface area (Å²) in [5.74, 6) is -0.331. The SMILES string of the molecule is Cc1ccc(-c2noc(-c3cccn4c(=O)n(CC(=O)NCc5ccc(F)cc5Cl)nc34)n2)cc1. The topological polar surface area (TPSA) is 107 Å². The molecule has 3 aromatic heterocycles. The van der Waals surface area contributed by atoms with Crippen LogP contribution >= 0.6 is 11.6 Å². The Morgan fingerprint density at radius 2 is 1.97 bits per heavy atom. The van der Waals surface area contributed by atoms with Gasteiger partial charge in [-0.15, -0.1) is 5.10 Å². The van der Waals surface area contributed by atoms with Crippen LogP contribution in [0.3, 0.4) is 0 Å². The molecule has 176 valence electrons. The zero-order valence-corrected chi connectivity index (χ0v) is 19.2. The standard InChI is InChI=1S/C24H18ClFN6O3/c1-14-4-6-15(7-5-14)21-28-23(35-30-21)18-3-2-10-31-22(18)29-32(24(31)34)13-20(33)27-12-16-8-9-17(26)11-19(16)25/h2-11H,12-13H2,1H3,(H,27,33). The number of benzene rings is 2. The average Bonchev–Trinajstić information content (AvgIpc) is 3.44. The smallest absolute Gasteiger partial charge is 0.350 e. The van der Waals surface area contributed by atoms with Crippen molar-refractivity contribution in [3.8, 4) is 22.8 Å². The van der Waals surface area contributed by atoms with E-state index in [9.17, 15) is 14.0 Å². The van der Waals surface area contributed by atoms with Crippen molar-refractivity contribution in [1.29, 1.82) is 0 Å². The van der Waals surface area contributed by atoms with Crippen LogP contribution in [0.1, 0.15) is 11.1 Å². The van der Waals surface area contributed by atoms with E-state index in [4.69, 9.17) is 16.1 Å². The minimum absolute atomic E-state index is 0.0785. The van der Waals surface area contributed by atoms with Crippen LogP contribution in [0.2, 0.25) is 5.02 Å². The van der Waals surface area contributed by atoms with E-state index in [1.807, 2.05) is 31.2 Å². The Morgan fingerprint density at radius 3 is 2.74 bits per heavy atom. The van der Waals surface area contributed by atoms with E-state index < -0.39 is 17.4 Å². The summed E-state index contributed by atoms with van der Waals surface area (Å²) in [5, 5.41) is 11.2. The Balaban J connectivity index is 1.38. The number of carbonyl (C=O) groups excluding carboxylic acids is 1. The van der Waals surface area contributed by atoms with Crippen LogP contribution in [0.5, 0.6) is 0 Å². The van der Waals surface area contributed by atoms with Crippen LogP contribution in [0.4, 0.5) is 4.39 Å². The second kappa shape index (κ2) is 9.15. The number of aryl methyl sites for hydroxylation is 1. The normalized spacial score (nSPS) is 11.2. The second-order valence-electron chi connectivity index (χ2n) is 7.86. The number of hydrogen-bond acceptors (Lipinski definition) is 6. The number of halogens is 2. The molecule has 0 aliphatic carbocycles. The molecule has 3 heterocycles. The van der Waals surface area contributed by atoms with Crippen molar-refractivity contribution in [3.63, 3.8) is 0 Å². The third-order valence-electron chi connectivity index (χ3n) is 5.36. The molecule has 1 N–H and O–H groups in total. The van der Waals surface area contributed by atoms with Gasteiger partial charge in [0.15, 0.2) is 5.65 Å². The molecule has 1 amide bonds. The van der Waals surface area contributed by atoms with Crippen LogP contribution in [-0.2, 0) is 17.9 Å². The third kappa shape index (κ3) is 4.56. The summed E-state index contributed by atoms with van der Waals surface area (Å²) in [7, 11) is 0. The van der Waals surface area contributed by atoms with E-state index >= 15 is 0 Å². The maximum absolute atomic E-state index is 13.2. The third-order valence-corrected chi connectivity index (χ3v) is 5.71. The maximum Gasteiger partial charge on any atom is 0.350 e. The quantitative estimate of drug-likeness (QED) is 0.388. The molecule has 0 unspecified atom stereocenters. The molecule has 2 aromatic carbocycles. The molecule has 11 heteroatoms. The van der Waals surface area contributed by atoms with Gasteiger partial charge in [0.05, 0.1) is 5.56 Å². The Kier molecular flexibility index (Phi) is 5.87. The molecule has 5 aromatic rings. The van der Waals surface area contributed by atoms with Gasteiger partial charge in [0.25, 0.3) is 5.89 Å². The lowest BCUT2D eigenvalue weighted by molar-refractivity contribution is -0.122. The molecule has 0 saturated heterocycles. The van der Waals surface area contributed by atoms with E-state index in [-0.39, 0.29) is 29.7 Å².